The van der Waals surface area contributed by atoms with E-state index in [-0.39, 0.29) is 6.54 Å². The Morgan fingerprint density at radius 3 is 2.50 bits per heavy atom. The number of rotatable bonds is 4. The van der Waals surface area contributed by atoms with Crippen molar-refractivity contribution in [3.05, 3.63) is 34.4 Å². The molecule has 0 heterocycles. The predicted molar refractivity (Wildman–Crippen MR) is 61.7 cm³/mol. The second kappa shape index (κ2) is 5.59. The van der Waals surface area contributed by atoms with Gasteiger partial charge in [-0.25, -0.2) is 22.3 Å². The molecule has 5 nitrogen and oxygen atoms in total. The molecule has 0 radical (unpaired) electrons. The molecule has 1 aromatic rings. The minimum Gasteiger partial charge on any atom is -0.351 e. The number of primary sulfonamides is 1. The van der Waals surface area contributed by atoms with E-state index < -0.39 is 43.9 Å². The first-order chi connectivity index (χ1) is 8.20. The van der Waals surface area contributed by atoms with Crippen LogP contribution >= 0.6 is 11.6 Å². The maximum Gasteiger partial charge on any atom is 0.254 e. The van der Waals surface area contributed by atoms with E-state index in [0.29, 0.717) is 12.1 Å². The molecule has 0 aromatic heterocycles. The summed E-state index contributed by atoms with van der Waals surface area (Å²) in [6.45, 7) is -0.304. The molecule has 0 spiro atoms. The number of carbonyl (C=O) groups excluding carboxylic acids is 1. The Kier molecular flexibility index (Phi) is 4.60. The van der Waals surface area contributed by atoms with Gasteiger partial charge in [0, 0.05) is 6.54 Å². The lowest BCUT2D eigenvalue weighted by atomic mass is 10.2. The van der Waals surface area contributed by atoms with Crippen LogP contribution in [0.3, 0.4) is 0 Å². The summed E-state index contributed by atoms with van der Waals surface area (Å²) in [5.41, 5.74) is -0.564. The third-order valence-electron chi connectivity index (χ3n) is 1.93. The van der Waals surface area contributed by atoms with Crippen LogP contribution in [0.5, 0.6) is 0 Å². The van der Waals surface area contributed by atoms with Crippen molar-refractivity contribution in [2.24, 2.45) is 5.14 Å². The van der Waals surface area contributed by atoms with E-state index in [1.165, 1.54) is 0 Å². The SMILES string of the molecule is NS(=O)(=O)CCNC(=O)c1cc(F)c(Cl)cc1F. The maximum atomic E-state index is 13.3. The Morgan fingerprint density at radius 1 is 1.33 bits per heavy atom. The number of carbonyl (C=O) groups is 1. The fraction of sp³-hybridized carbons (Fsp3) is 0.222. The highest BCUT2D eigenvalue weighted by molar-refractivity contribution is 7.89. The second-order valence-corrected chi connectivity index (χ2v) is 5.51. The van der Waals surface area contributed by atoms with Crippen LogP contribution in [0.2, 0.25) is 5.02 Å². The quantitative estimate of drug-likeness (QED) is 0.799. The fourth-order valence-corrected chi connectivity index (χ4v) is 1.64. The number of benzene rings is 1. The zero-order chi connectivity index (χ0) is 13.9. The van der Waals surface area contributed by atoms with Gasteiger partial charge in [0.1, 0.15) is 11.6 Å². The number of nitrogens with two attached hydrogens (primary N) is 1. The predicted octanol–water partition coefficient (Wildman–Crippen LogP) is 0.637. The number of hydrogen-bond acceptors (Lipinski definition) is 3. The fourth-order valence-electron chi connectivity index (χ4n) is 1.10. The van der Waals surface area contributed by atoms with Gasteiger partial charge in [-0.1, -0.05) is 11.6 Å². The van der Waals surface area contributed by atoms with Gasteiger partial charge in [-0.05, 0) is 12.1 Å². The normalized spacial score (nSPS) is 11.3. The van der Waals surface area contributed by atoms with Gasteiger partial charge in [0.05, 0.1) is 16.3 Å². The van der Waals surface area contributed by atoms with Crippen molar-refractivity contribution in [1.82, 2.24) is 5.32 Å². The molecule has 9 heteroatoms. The minimum atomic E-state index is -3.73. The zero-order valence-electron chi connectivity index (χ0n) is 8.91. The van der Waals surface area contributed by atoms with Gasteiger partial charge in [0.25, 0.3) is 5.91 Å². The Balaban J connectivity index is 2.76. The van der Waals surface area contributed by atoms with E-state index in [0.717, 1.165) is 0 Å². The van der Waals surface area contributed by atoms with Gasteiger partial charge < -0.3 is 5.32 Å². The van der Waals surface area contributed by atoms with Crippen LogP contribution in [-0.2, 0) is 10.0 Å². The average molecular weight is 299 g/mol. The van der Waals surface area contributed by atoms with Crippen molar-refractivity contribution in [3.8, 4) is 0 Å². The Hall–Kier alpha value is -1.25. The molecule has 1 rings (SSSR count). The maximum absolute atomic E-state index is 13.3. The van der Waals surface area contributed by atoms with Crippen LogP contribution in [0.25, 0.3) is 0 Å². The van der Waals surface area contributed by atoms with Crippen LogP contribution in [-0.4, -0.2) is 26.6 Å². The largest absolute Gasteiger partial charge is 0.351 e. The van der Waals surface area contributed by atoms with Gasteiger partial charge in [-0.15, -0.1) is 0 Å². The summed E-state index contributed by atoms with van der Waals surface area (Å²) in [4.78, 5) is 11.4. The van der Waals surface area contributed by atoms with Crippen LogP contribution in [0, 0.1) is 11.6 Å². The third-order valence-corrected chi connectivity index (χ3v) is 2.99. The first-order valence-corrected chi connectivity index (χ1v) is 6.73. The molecule has 0 unspecified atom stereocenters. The minimum absolute atomic E-state index is 0.304. The van der Waals surface area contributed by atoms with Gasteiger partial charge in [0.2, 0.25) is 10.0 Å². The van der Waals surface area contributed by atoms with E-state index in [9.17, 15) is 22.0 Å². The van der Waals surface area contributed by atoms with Gasteiger partial charge >= 0.3 is 0 Å². The first kappa shape index (κ1) is 14.8. The molecule has 0 atom stereocenters. The zero-order valence-corrected chi connectivity index (χ0v) is 10.5. The van der Waals surface area contributed by atoms with E-state index in [1.54, 1.807) is 0 Å². The number of amides is 1. The summed E-state index contributed by atoms with van der Waals surface area (Å²) in [6.07, 6.45) is 0. The van der Waals surface area contributed by atoms with Gasteiger partial charge in [0.15, 0.2) is 0 Å². The monoisotopic (exact) mass is 298 g/mol. The molecule has 0 aliphatic rings. The highest BCUT2D eigenvalue weighted by Gasteiger charge is 2.15. The summed E-state index contributed by atoms with van der Waals surface area (Å²) in [5.74, 6) is -3.41. The Labute approximate surface area is 107 Å². The number of sulfonamides is 1. The number of halogens is 3. The van der Waals surface area contributed by atoms with E-state index in [4.69, 9.17) is 16.7 Å². The molecule has 1 aromatic carbocycles. The highest BCUT2D eigenvalue weighted by atomic mass is 35.5. The molecule has 3 N–H and O–H groups in total. The molecule has 18 heavy (non-hydrogen) atoms. The molecule has 100 valence electrons. The lowest BCUT2D eigenvalue weighted by Crippen LogP contribution is -2.32. The van der Waals surface area contributed by atoms with Crippen molar-refractivity contribution in [1.29, 1.82) is 0 Å². The summed E-state index contributed by atoms with van der Waals surface area (Å²) < 4.78 is 47.5. The Morgan fingerprint density at radius 2 is 1.94 bits per heavy atom. The molecule has 0 saturated heterocycles. The molecule has 1 amide bonds. The Bertz CT molecular complexity index is 577. The molecular weight excluding hydrogens is 290 g/mol. The van der Waals surface area contributed by atoms with Crippen LogP contribution in [0.15, 0.2) is 12.1 Å². The lowest BCUT2D eigenvalue weighted by molar-refractivity contribution is 0.0951. The van der Waals surface area contributed by atoms with Crippen LogP contribution < -0.4 is 10.5 Å². The second-order valence-electron chi connectivity index (χ2n) is 3.37. The summed E-state index contributed by atoms with van der Waals surface area (Å²) in [7, 11) is -3.73. The standard InChI is InChI=1S/C9H9ClF2N2O3S/c10-6-4-7(11)5(3-8(6)12)9(15)14-1-2-18(13,16)17/h3-4H,1-2H2,(H,14,15)(H2,13,16,17). The van der Waals surface area contributed by atoms with Crippen molar-refractivity contribution in [2.75, 3.05) is 12.3 Å². The first-order valence-electron chi connectivity index (χ1n) is 4.64. The van der Waals surface area contributed by atoms with Crippen LogP contribution in [0.4, 0.5) is 8.78 Å². The average Bonchev–Trinajstić information content (AvgIpc) is 2.21. The topological polar surface area (TPSA) is 89.3 Å². The molecular formula is C9H9ClF2N2O3S. The third kappa shape index (κ3) is 4.21. The van der Waals surface area contributed by atoms with E-state index in [2.05, 4.69) is 5.32 Å². The van der Waals surface area contributed by atoms with Gasteiger partial charge in [-0.2, -0.15) is 0 Å². The molecule has 0 fully saturated rings. The highest BCUT2D eigenvalue weighted by Crippen LogP contribution is 2.19. The van der Waals surface area contributed by atoms with Gasteiger partial charge in [-0.3, -0.25) is 4.79 Å². The molecule has 0 aliphatic carbocycles. The smallest absolute Gasteiger partial charge is 0.254 e. The van der Waals surface area contributed by atoms with Crippen molar-refractivity contribution in [2.45, 2.75) is 0 Å². The van der Waals surface area contributed by atoms with E-state index in [1.807, 2.05) is 0 Å². The summed E-state index contributed by atoms with van der Waals surface area (Å²) in [5, 5.41) is 6.35. The summed E-state index contributed by atoms with van der Waals surface area (Å²) >= 11 is 5.31. The number of hydrogen-bond donors (Lipinski definition) is 2. The van der Waals surface area contributed by atoms with Crippen molar-refractivity contribution < 1.29 is 22.0 Å². The summed E-state index contributed by atoms with van der Waals surface area (Å²) in [6, 6.07) is 1.29. The molecule has 0 bridgehead atoms. The van der Waals surface area contributed by atoms with Crippen molar-refractivity contribution >= 4 is 27.5 Å². The number of nitrogens with one attached hydrogen (secondary N) is 1. The van der Waals surface area contributed by atoms with Crippen LogP contribution in [0.1, 0.15) is 10.4 Å². The molecule has 0 saturated carbocycles. The molecule has 0 aliphatic heterocycles. The van der Waals surface area contributed by atoms with E-state index >= 15 is 0 Å². The lowest BCUT2D eigenvalue weighted by Gasteiger charge is -2.06. The van der Waals surface area contributed by atoms with Crippen molar-refractivity contribution in [3.63, 3.8) is 0 Å².